The van der Waals surface area contributed by atoms with Gasteiger partial charge in [-0.2, -0.15) is 26.3 Å². The van der Waals surface area contributed by atoms with E-state index in [-0.39, 0.29) is 16.5 Å². The molecule has 0 atom stereocenters. The number of nitrogens with two attached hydrogens (primary N) is 1. The lowest BCUT2D eigenvalue weighted by atomic mass is 10.0. The molecule has 4 rings (SSSR count). The minimum Gasteiger partial charge on any atom is -0.369 e. The van der Waals surface area contributed by atoms with Gasteiger partial charge in [-0.3, -0.25) is 15.0 Å². The lowest BCUT2D eigenvalue weighted by molar-refractivity contribution is -0.138. The van der Waals surface area contributed by atoms with Crippen molar-refractivity contribution in [3.63, 3.8) is 0 Å². The summed E-state index contributed by atoms with van der Waals surface area (Å²) in [6, 6.07) is 4.61. The first-order valence-electron chi connectivity index (χ1n) is 10.4. The van der Waals surface area contributed by atoms with E-state index >= 15 is 0 Å². The van der Waals surface area contributed by atoms with Crippen LogP contribution in [0.1, 0.15) is 31.8 Å². The predicted octanol–water partition coefficient (Wildman–Crippen LogP) is 4.68. The Morgan fingerprint density at radius 1 is 0.763 bits per heavy atom. The number of aromatic nitrogens is 4. The summed E-state index contributed by atoms with van der Waals surface area (Å²) in [6.07, 6.45) is -4.89. The van der Waals surface area contributed by atoms with Crippen molar-refractivity contribution < 1.29 is 35.9 Å². The molecule has 2 aromatic carbocycles. The normalized spacial score (nSPS) is 11.8. The molecular formula is C23H15F6N7O2. The second-order valence-corrected chi connectivity index (χ2v) is 7.72. The van der Waals surface area contributed by atoms with Gasteiger partial charge < -0.3 is 15.7 Å². The summed E-state index contributed by atoms with van der Waals surface area (Å²) < 4.78 is 82.6. The van der Waals surface area contributed by atoms with Gasteiger partial charge in [0.25, 0.3) is 11.8 Å². The van der Waals surface area contributed by atoms with Crippen LogP contribution in [-0.2, 0) is 12.4 Å². The quantitative estimate of drug-likeness (QED) is 0.130. The van der Waals surface area contributed by atoms with Crippen LogP contribution >= 0.6 is 0 Å². The molecule has 0 spiro atoms. The molecule has 0 radical (unpaired) electrons. The third-order valence-electron chi connectivity index (χ3n) is 5.30. The summed E-state index contributed by atoms with van der Waals surface area (Å²) in [5.41, 5.74) is 0.616. The standard InChI is InChI=1S/C23H15F6N7O2/c24-22(25,26)15-9-11(1-3-13(15)17-32-5-6-33-17)19(37)36(21(30)31)20(38)12-2-4-14(18-34-7-8-35-18)16(10-12)23(27,28)29/h1-10H,(H3,30,31)(H,32,33)(H,34,35). The van der Waals surface area contributed by atoms with E-state index in [1.165, 1.54) is 24.8 Å². The molecule has 0 aliphatic carbocycles. The van der Waals surface area contributed by atoms with E-state index in [9.17, 15) is 35.9 Å². The zero-order valence-electron chi connectivity index (χ0n) is 18.8. The third kappa shape index (κ3) is 4.98. The van der Waals surface area contributed by atoms with Crippen molar-refractivity contribution in [1.82, 2.24) is 24.8 Å². The molecule has 2 aromatic heterocycles. The van der Waals surface area contributed by atoms with Crippen LogP contribution in [0.2, 0.25) is 0 Å². The van der Waals surface area contributed by atoms with Gasteiger partial charge in [0.2, 0.25) is 5.96 Å². The van der Waals surface area contributed by atoms with Crippen LogP contribution in [0.4, 0.5) is 26.3 Å². The number of aromatic amines is 2. The van der Waals surface area contributed by atoms with E-state index in [4.69, 9.17) is 11.1 Å². The number of imide groups is 1. The van der Waals surface area contributed by atoms with E-state index in [2.05, 4.69) is 19.9 Å². The molecular weight excluding hydrogens is 520 g/mol. The maximum atomic E-state index is 13.8. The maximum Gasteiger partial charge on any atom is 0.417 e. The lowest BCUT2D eigenvalue weighted by Gasteiger charge is -2.21. The number of amides is 2. The highest BCUT2D eigenvalue weighted by molar-refractivity contribution is 6.20. The number of H-pyrrole nitrogens is 2. The number of hydrogen-bond donors (Lipinski definition) is 4. The topological polar surface area (TPSA) is 145 Å². The Labute approximate surface area is 208 Å². The Hall–Kier alpha value is -4.95. The number of alkyl halides is 6. The molecule has 0 saturated heterocycles. The molecule has 9 nitrogen and oxygen atoms in total. The van der Waals surface area contributed by atoms with Gasteiger partial charge in [0.05, 0.1) is 11.1 Å². The highest BCUT2D eigenvalue weighted by Crippen LogP contribution is 2.38. The number of benzene rings is 2. The van der Waals surface area contributed by atoms with E-state index < -0.39 is 63.5 Å². The fourth-order valence-corrected chi connectivity index (χ4v) is 3.63. The summed E-state index contributed by atoms with van der Waals surface area (Å²) in [7, 11) is 0. The van der Waals surface area contributed by atoms with Crippen molar-refractivity contribution in [3.05, 3.63) is 83.4 Å². The molecule has 0 bridgehead atoms. The van der Waals surface area contributed by atoms with Crippen LogP contribution in [0.25, 0.3) is 22.8 Å². The third-order valence-corrected chi connectivity index (χ3v) is 5.30. The number of rotatable bonds is 4. The van der Waals surface area contributed by atoms with Crippen molar-refractivity contribution in [3.8, 4) is 22.8 Å². The number of guanidine groups is 1. The molecule has 2 heterocycles. The predicted molar refractivity (Wildman–Crippen MR) is 120 cm³/mol. The highest BCUT2D eigenvalue weighted by atomic mass is 19.4. The summed E-state index contributed by atoms with van der Waals surface area (Å²) in [5, 5.41) is 7.66. The molecule has 0 aliphatic heterocycles. The van der Waals surface area contributed by atoms with Gasteiger partial charge in [-0.1, -0.05) is 0 Å². The van der Waals surface area contributed by atoms with Crippen LogP contribution in [0.5, 0.6) is 0 Å². The maximum absolute atomic E-state index is 13.8. The minimum absolute atomic E-state index is 0.0237. The Morgan fingerprint density at radius 2 is 1.16 bits per heavy atom. The van der Waals surface area contributed by atoms with E-state index in [0.717, 1.165) is 24.3 Å². The van der Waals surface area contributed by atoms with Crippen molar-refractivity contribution in [1.29, 1.82) is 5.41 Å². The largest absolute Gasteiger partial charge is 0.417 e. The van der Waals surface area contributed by atoms with Gasteiger partial charge in [0.15, 0.2) is 0 Å². The highest BCUT2D eigenvalue weighted by Gasteiger charge is 2.38. The fraction of sp³-hybridized carbons (Fsp3) is 0.0870. The molecule has 0 aliphatic rings. The molecule has 196 valence electrons. The van der Waals surface area contributed by atoms with Gasteiger partial charge in [-0.05, 0) is 36.4 Å². The van der Waals surface area contributed by atoms with E-state index in [1.54, 1.807) is 0 Å². The van der Waals surface area contributed by atoms with Crippen molar-refractivity contribution in [2.45, 2.75) is 12.4 Å². The van der Waals surface area contributed by atoms with Gasteiger partial charge in [-0.25, -0.2) is 14.9 Å². The number of imidazole rings is 2. The van der Waals surface area contributed by atoms with Gasteiger partial charge in [0.1, 0.15) is 11.6 Å². The summed E-state index contributed by atoms with van der Waals surface area (Å²) in [4.78, 5) is 38.7. The number of halogens is 6. The van der Waals surface area contributed by atoms with Crippen molar-refractivity contribution >= 4 is 17.8 Å². The van der Waals surface area contributed by atoms with Crippen LogP contribution in [0.15, 0.2) is 61.2 Å². The average molecular weight is 535 g/mol. The first-order valence-corrected chi connectivity index (χ1v) is 10.4. The first kappa shape index (κ1) is 26.1. The zero-order valence-corrected chi connectivity index (χ0v) is 18.8. The average Bonchev–Trinajstić information content (AvgIpc) is 3.56. The molecule has 4 aromatic rings. The Morgan fingerprint density at radius 3 is 1.45 bits per heavy atom. The minimum atomic E-state index is -4.95. The lowest BCUT2D eigenvalue weighted by Crippen LogP contribution is -2.45. The molecule has 38 heavy (non-hydrogen) atoms. The molecule has 2 amide bonds. The van der Waals surface area contributed by atoms with Crippen LogP contribution in [0.3, 0.4) is 0 Å². The van der Waals surface area contributed by atoms with Crippen LogP contribution in [0, 0.1) is 5.41 Å². The van der Waals surface area contributed by atoms with E-state index in [0.29, 0.717) is 12.1 Å². The molecule has 15 heteroatoms. The Bertz CT molecular complexity index is 1400. The number of nitrogens with zero attached hydrogens (tertiary/aromatic N) is 3. The fourth-order valence-electron chi connectivity index (χ4n) is 3.63. The summed E-state index contributed by atoms with van der Waals surface area (Å²) in [6.45, 7) is 0. The number of carbonyl (C=O) groups excluding carboxylic acids is 2. The van der Waals surface area contributed by atoms with Crippen LogP contribution in [-0.4, -0.2) is 42.6 Å². The number of nitrogens with one attached hydrogen (secondary N) is 3. The monoisotopic (exact) mass is 535 g/mol. The first-order chi connectivity index (χ1) is 17.8. The van der Waals surface area contributed by atoms with Crippen molar-refractivity contribution in [2.75, 3.05) is 0 Å². The Balaban J connectivity index is 1.76. The zero-order chi connectivity index (χ0) is 27.8. The SMILES string of the molecule is N=C(N)N(C(=O)c1ccc(-c2ncc[nH]2)c(C(F)(F)F)c1)C(=O)c1ccc(-c2ncc[nH]2)c(C(F)(F)F)c1. The van der Waals surface area contributed by atoms with Gasteiger partial charge >= 0.3 is 12.4 Å². The molecule has 5 N–H and O–H groups in total. The molecule has 0 saturated carbocycles. The second kappa shape index (κ2) is 9.49. The number of hydrogen-bond acceptors (Lipinski definition) is 5. The summed E-state index contributed by atoms with van der Waals surface area (Å²) in [5.74, 6) is -4.42. The van der Waals surface area contributed by atoms with E-state index in [1.807, 2.05) is 0 Å². The van der Waals surface area contributed by atoms with Gasteiger partial charge in [0, 0.05) is 47.0 Å². The summed E-state index contributed by atoms with van der Waals surface area (Å²) >= 11 is 0. The smallest absolute Gasteiger partial charge is 0.369 e. The molecule has 0 unspecified atom stereocenters. The Kier molecular flexibility index (Phi) is 6.53. The van der Waals surface area contributed by atoms with Crippen molar-refractivity contribution in [2.24, 2.45) is 5.73 Å². The number of carbonyl (C=O) groups is 2. The van der Waals surface area contributed by atoms with Gasteiger partial charge in [-0.15, -0.1) is 0 Å². The molecule has 0 fully saturated rings. The second-order valence-electron chi connectivity index (χ2n) is 7.72. The van der Waals surface area contributed by atoms with Crippen LogP contribution < -0.4 is 5.73 Å².